The van der Waals surface area contributed by atoms with Crippen LogP contribution in [0.5, 0.6) is 5.75 Å². The van der Waals surface area contributed by atoms with Crippen molar-refractivity contribution in [2.75, 3.05) is 10.0 Å². The number of hydrogen-bond acceptors (Lipinski definition) is 5. The van der Waals surface area contributed by atoms with Crippen LogP contribution in [-0.4, -0.2) is 36.8 Å². The molecule has 114 valence electrons. The molecule has 0 saturated carbocycles. The Hall–Kier alpha value is -2.29. The molecule has 1 heterocycles. The van der Waals surface area contributed by atoms with Gasteiger partial charge in [0.2, 0.25) is 10.0 Å². The smallest absolute Gasteiger partial charge is 0.323 e. The van der Waals surface area contributed by atoms with Crippen LogP contribution in [0.25, 0.3) is 0 Å². The molecule has 1 aliphatic rings. The second-order valence-electron chi connectivity index (χ2n) is 4.59. The van der Waals surface area contributed by atoms with E-state index < -0.39 is 27.3 Å². The first kappa shape index (κ1) is 15.1. The van der Waals surface area contributed by atoms with Crippen LogP contribution in [0, 0.1) is 0 Å². The molecule has 0 aliphatic carbocycles. The van der Waals surface area contributed by atoms with Crippen molar-refractivity contribution in [2.24, 2.45) is 0 Å². The first-order valence-electron chi connectivity index (χ1n) is 6.06. The minimum Gasteiger partial charge on any atom is -0.480 e. The van der Waals surface area contributed by atoms with Crippen molar-refractivity contribution in [1.82, 2.24) is 0 Å². The number of benzene rings is 1. The minimum absolute atomic E-state index is 0.139. The summed E-state index contributed by atoms with van der Waals surface area (Å²) in [6.45, 7) is 2.65. The van der Waals surface area contributed by atoms with Crippen LogP contribution in [0.1, 0.15) is 13.8 Å². The number of amides is 1. The molecule has 1 aliphatic heterocycles. The van der Waals surface area contributed by atoms with E-state index in [1.54, 1.807) is 6.92 Å². The largest absolute Gasteiger partial charge is 0.480 e. The van der Waals surface area contributed by atoms with Crippen molar-refractivity contribution >= 4 is 33.3 Å². The Balaban J connectivity index is 2.26. The van der Waals surface area contributed by atoms with E-state index >= 15 is 0 Å². The molecule has 2 unspecified atom stereocenters. The van der Waals surface area contributed by atoms with Gasteiger partial charge in [-0.15, -0.1) is 0 Å². The van der Waals surface area contributed by atoms with E-state index in [0.29, 0.717) is 11.4 Å². The number of nitrogens with one attached hydrogen (secondary N) is 2. The molecular weight excluding hydrogens is 300 g/mol. The number of fused-ring (bicyclic) bond motifs is 1. The van der Waals surface area contributed by atoms with E-state index in [-0.39, 0.29) is 11.6 Å². The summed E-state index contributed by atoms with van der Waals surface area (Å²) in [5.74, 6) is -1.39. The Morgan fingerprint density at radius 2 is 2.14 bits per heavy atom. The fourth-order valence-corrected chi connectivity index (χ4v) is 2.56. The van der Waals surface area contributed by atoms with Gasteiger partial charge in [-0.25, -0.2) is 8.42 Å². The number of carboxylic acid groups (broad SMARTS) is 1. The Morgan fingerprint density at radius 1 is 1.48 bits per heavy atom. The van der Waals surface area contributed by atoms with E-state index in [0.717, 1.165) is 6.92 Å². The lowest BCUT2D eigenvalue weighted by atomic mass is 10.2. The molecule has 1 aromatic rings. The maximum Gasteiger partial charge on any atom is 0.323 e. The van der Waals surface area contributed by atoms with Gasteiger partial charge in [-0.3, -0.25) is 14.3 Å². The predicted molar refractivity (Wildman–Crippen MR) is 74.8 cm³/mol. The zero-order valence-electron chi connectivity index (χ0n) is 11.3. The molecule has 2 atom stereocenters. The highest BCUT2D eigenvalue weighted by molar-refractivity contribution is 7.94. The summed E-state index contributed by atoms with van der Waals surface area (Å²) in [5, 5.41) is 9.73. The fraction of sp³-hybridized carbons (Fsp3) is 0.333. The van der Waals surface area contributed by atoms with Crippen molar-refractivity contribution in [3.8, 4) is 5.75 Å². The Morgan fingerprint density at radius 3 is 2.76 bits per heavy atom. The van der Waals surface area contributed by atoms with E-state index in [9.17, 15) is 18.0 Å². The first-order valence-corrected chi connectivity index (χ1v) is 7.61. The highest BCUT2D eigenvalue weighted by Crippen LogP contribution is 2.32. The van der Waals surface area contributed by atoms with Gasteiger partial charge in [0, 0.05) is 0 Å². The zero-order chi connectivity index (χ0) is 15.8. The second kappa shape index (κ2) is 5.24. The summed E-state index contributed by atoms with van der Waals surface area (Å²) in [4.78, 5) is 22.3. The molecular formula is C12H14N2O6S. The van der Waals surface area contributed by atoms with Crippen LogP contribution < -0.4 is 14.8 Å². The summed E-state index contributed by atoms with van der Waals surface area (Å²) in [6.07, 6.45) is -0.632. The minimum atomic E-state index is -4.07. The molecule has 2 rings (SSSR count). The maximum absolute atomic E-state index is 11.8. The monoisotopic (exact) mass is 314 g/mol. The Kier molecular flexibility index (Phi) is 3.77. The van der Waals surface area contributed by atoms with Gasteiger partial charge in [0.25, 0.3) is 5.91 Å². The van der Waals surface area contributed by atoms with Crippen molar-refractivity contribution < 1.29 is 27.9 Å². The molecule has 0 aromatic heterocycles. The van der Waals surface area contributed by atoms with Crippen molar-refractivity contribution in [1.29, 1.82) is 0 Å². The van der Waals surface area contributed by atoms with Gasteiger partial charge in [0.1, 0.15) is 5.75 Å². The van der Waals surface area contributed by atoms with E-state index in [2.05, 4.69) is 10.0 Å². The number of aliphatic carboxylic acids is 1. The van der Waals surface area contributed by atoms with Gasteiger partial charge in [-0.2, -0.15) is 0 Å². The van der Waals surface area contributed by atoms with Gasteiger partial charge in [0.05, 0.1) is 11.4 Å². The standard InChI is InChI=1S/C12H14N2O6S/c1-6-11(15)13-9-5-8(3-4-10(9)20-6)14-21(18,19)7(2)12(16)17/h3-7,14H,1-2H3,(H,13,15)(H,16,17). The third-order valence-electron chi connectivity index (χ3n) is 2.98. The van der Waals surface area contributed by atoms with Gasteiger partial charge in [-0.1, -0.05) is 0 Å². The van der Waals surface area contributed by atoms with Gasteiger partial charge >= 0.3 is 5.97 Å². The highest BCUT2D eigenvalue weighted by atomic mass is 32.2. The van der Waals surface area contributed by atoms with Crippen molar-refractivity contribution in [3.05, 3.63) is 18.2 Å². The van der Waals surface area contributed by atoms with Crippen LogP contribution in [0.15, 0.2) is 18.2 Å². The number of rotatable bonds is 4. The topological polar surface area (TPSA) is 122 Å². The molecule has 8 nitrogen and oxygen atoms in total. The third-order valence-corrected chi connectivity index (χ3v) is 4.64. The lowest BCUT2D eigenvalue weighted by Crippen LogP contribution is -2.34. The van der Waals surface area contributed by atoms with Crippen molar-refractivity contribution in [3.63, 3.8) is 0 Å². The van der Waals surface area contributed by atoms with Crippen LogP contribution >= 0.6 is 0 Å². The number of sulfonamides is 1. The summed E-state index contributed by atoms with van der Waals surface area (Å²) in [7, 11) is -4.07. The second-order valence-corrected chi connectivity index (χ2v) is 6.59. The molecule has 0 bridgehead atoms. The number of carbonyl (C=O) groups is 2. The SMILES string of the molecule is CC1Oc2ccc(NS(=O)(=O)C(C)C(=O)O)cc2NC1=O. The lowest BCUT2D eigenvalue weighted by Gasteiger charge is -2.23. The molecule has 21 heavy (non-hydrogen) atoms. The van der Waals surface area contributed by atoms with E-state index in [1.165, 1.54) is 18.2 Å². The van der Waals surface area contributed by atoms with Crippen LogP contribution in [0.3, 0.4) is 0 Å². The average Bonchev–Trinajstić information content (AvgIpc) is 2.39. The maximum atomic E-state index is 11.8. The molecule has 0 saturated heterocycles. The molecule has 0 fully saturated rings. The molecule has 1 aromatic carbocycles. The van der Waals surface area contributed by atoms with Crippen LogP contribution in [0.4, 0.5) is 11.4 Å². The predicted octanol–water partition coefficient (Wildman–Crippen LogP) is 0.621. The van der Waals surface area contributed by atoms with Crippen LogP contribution in [0.2, 0.25) is 0 Å². The molecule has 0 radical (unpaired) electrons. The van der Waals surface area contributed by atoms with Gasteiger partial charge in [0.15, 0.2) is 11.4 Å². The number of anilines is 2. The Bertz CT molecular complexity index is 700. The van der Waals surface area contributed by atoms with Gasteiger partial charge in [-0.05, 0) is 32.0 Å². The normalized spacial score (nSPS) is 19.0. The Labute approximate surface area is 121 Å². The summed E-state index contributed by atoms with van der Waals surface area (Å²) in [6, 6.07) is 4.29. The molecule has 3 N–H and O–H groups in total. The molecule has 0 spiro atoms. The highest BCUT2D eigenvalue weighted by Gasteiger charge is 2.28. The summed E-state index contributed by atoms with van der Waals surface area (Å²) < 4.78 is 31.1. The fourth-order valence-electron chi connectivity index (χ4n) is 1.66. The number of ether oxygens (including phenoxy) is 1. The van der Waals surface area contributed by atoms with E-state index in [4.69, 9.17) is 9.84 Å². The number of hydrogen-bond donors (Lipinski definition) is 3. The molecule has 9 heteroatoms. The number of carboxylic acids is 1. The quantitative estimate of drug-likeness (QED) is 0.749. The third kappa shape index (κ3) is 3.07. The summed E-state index contributed by atoms with van der Waals surface area (Å²) in [5.41, 5.74) is 0.460. The average molecular weight is 314 g/mol. The lowest BCUT2D eigenvalue weighted by molar-refractivity contribution is -0.136. The first-order chi connectivity index (χ1) is 9.70. The number of carbonyl (C=O) groups excluding carboxylic acids is 1. The molecule has 1 amide bonds. The van der Waals surface area contributed by atoms with Crippen LogP contribution in [-0.2, 0) is 19.6 Å². The zero-order valence-corrected chi connectivity index (χ0v) is 12.1. The van der Waals surface area contributed by atoms with Gasteiger partial charge < -0.3 is 15.2 Å². The van der Waals surface area contributed by atoms with E-state index in [1.807, 2.05) is 0 Å². The van der Waals surface area contributed by atoms with Crippen molar-refractivity contribution in [2.45, 2.75) is 25.2 Å². The summed E-state index contributed by atoms with van der Waals surface area (Å²) >= 11 is 0.